The van der Waals surface area contributed by atoms with Gasteiger partial charge in [-0.15, -0.1) is 11.3 Å². The van der Waals surface area contributed by atoms with E-state index in [1.807, 2.05) is 12.3 Å². The van der Waals surface area contributed by atoms with Crippen LogP contribution in [0.25, 0.3) is 10.2 Å². The standard InChI is InChI=1S/C18H20N4S/c1-13-5-4-8-20-16(13)17(22-11-9-19-10-12-22)18-21-14-6-2-3-7-15(14)23-18/h2-8,17,19H,9-12H2,1H3. The molecular formula is C18H20N4S. The lowest BCUT2D eigenvalue weighted by Crippen LogP contribution is -2.45. The predicted octanol–water partition coefficient (Wildman–Crippen LogP) is 2.99. The molecule has 118 valence electrons. The van der Waals surface area contributed by atoms with E-state index >= 15 is 0 Å². The number of hydrogen-bond donors (Lipinski definition) is 1. The number of hydrogen-bond acceptors (Lipinski definition) is 5. The van der Waals surface area contributed by atoms with Crippen molar-refractivity contribution in [1.29, 1.82) is 0 Å². The highest BCUT2D eigenvalue weighted by atomic mass is 32.1. The Hall–Kier alpha value is -1.82. The second-order valence-electron chi connectivity index (χ2n) is 5.91. The topological polar surface area (TPSA) is 41.1 Å². The van der Waals surface area contributed by atoms with Gasteiger partial charge in [0.25, 0.3) is 0 Å². The fraction of sp³-hybridized carbons (Fsp3) is 0.333. The molecule has 0 spiro atoms. The van der Waals surface area contributed by atoms with Crippen molar-refractivity contribution in [3.8, 4) is 0 Å². The number of nitrogens with zero attached hydrogens (tertiary/aromatic N) is 3. The molecule has 1 saturated heterocycles. The summed E-state index contributed by atoms with van der Waals surface area (Å²) in [7, 11) is 0. The number of nitrogens with one attached hydrogen (secondary N) is 1. The number of fused-ring (bicyclic) bond motifs is 1. The van der Waals surface area contributed by atoms with Gasteiger partial charge in [0, 0.05) is 32.4 Å². The van der Waals surface area contributed by atoms with E-state index in [0.717, 1.165) is 42.4 Å². The molecule has 5 heteroatoms. The number of rotatable bonds is 3. The summed E-state index contributed by atoms with van der Waals surface area (Å²) in [6.45, 7) is 6.23. The van der Waals surface area contributed by atoms with Crippen LogP contribution in [0.15, 0.2) is 42.6 Å². The lowest BCUT2D eigenvalue weighted by molar-refractivity contribution is 0.195. The van der Waals surface area contributed by atoms with E-state index < -0.39 is 0 Å². The van der Waals surface area contributed by atoms with E-state index in [9.17, 15) is 0 Å². The molecular weight excluding hydrogens is 304 g/mol. The summed E-state index contributed by atoms with van der Waals surface area (Å²) in [6.07, 6.45) is 1.89. The van der Waals surface area contributed by atoms with Crippen molar-refractivity contribution < 1.29 is 0 Å². The molecule has 1 aliphatic rings. The van der Waals surface area contributed by atoms with Crippen LogP contribution < -0.4 is 5.32 Å². The van der Waals surface area contributed by atoms with Gasteiger partial charge in [-0.25, -0.2) is 4.98 Å². The van der Waals surface area contributed by atoms with Gasteiger partial charge in [0.15, 0.2) is 0 Å². The number of aromatic nitrogens is 2. The van der Waals surface area contributed by atoms with Crippen LogP contribution in [0.1, 0.15) is 22.3 Å². The van der Waals surface area contributed by atoms with Crippen molar-refractivity contribution in [2.75, 3.05) is 26.2 Å². The minimum Gasteiger partial charge on any atom is -0.314 e. The van der Waals surface area contributed by atoms with Gasteiger partial charge in [-0.2, -0.15) is 0 Å². The van der Waals surface area contributed by atoms with Crippen molar-refractivity contribution >= 4 is 21.6 Å². The Morgan fingerprint density at radius 1 is 1.13 bits per heavy atom. The van der Waals surface area contributed by atoms with Gasteiger partial charge >= 0.3 is 0 Å². The molecule has 0 bridgehead atoms. The molecule has 0 aliphatic carbocycles. The lowest BCUT2D eigenvalue weighted by Gasteiger charge is -2.34. The van der Waals surface area contributed by atoms with Crippen LogP contribution in [-0.4, -0.2) is 41.0 Å². The molecule has 3 heterocycles. The number of piperazine rings is 1. The first-order valence-corrected chi connectivity index (χ1v) is 8.86. The zero-order chi connectivity index (χ0) is 15.6. The van der Waals surface area contributed by atoms with E-state index in [1.165, 1.54) is 10.3 Å². The monoisotopic (exact) mass is 324 g/mol. The first-order valence-electron chi connectivity index (χ1n) is 8.05. The summed E-state index contributed by atoms with van der Waals surface area (Å²) in [4.78, 5) is 12.1. The van der Waals surface area contributed by atoms with E-state index in [4.69, 9.17) is 9.97 Å². The molecule has 1 fully saturated rings. The molecule has 4 rings (SSSR count). The summed E-state index contributed by atoms with van der Waals surface area (Å²) in [6, 6.07) is 12.7. The highest BCUT2D eigenvalue weighted by Gasteiger charge is 2.28. The summed E-state index contributed by atoms with van der Waals surface area (Å²) in [5.41, 5.74) is 3.45. The molecule has 0 radical (unpaired) electrons. The number of para-hydroxylation sites is 1. The van der Waals surface area contributed by atoms with Crippen molar-refractivity contribution in [1.82, 2.24) is 20.2 Å². The summed E-state index contributed by atoms with van der Waals surface area (Å²) in [5.74, 6) is 0. The second kappa shape index (κ2) is 6.35. The second-order valence-corrected chi connectivity index (χ2v) is 6.98. The highest BCUT2D eigenvalue weighted by Crippen LogP contribution is 2.34. The molecule has 1 unspecified atom stereocenters. The van der Waals surface area contributed by atoms with Crippen LogP contribution >= 0.6 is 11.3 Å². The van der Waals surface area contributed by atoms with Crippen molar-refractivity contribution in [2.45, 2.75) is 13.0 Å². The number of aryl methyl sites for hydroxylation is 1. The predicted molar refractivity (Wildman–Crippen MR) is 94.9 cm³/mol. The zero-order valence-corrected chi connectivity index (χ0v) is 14.0. The molecule has 0 amide bonds. The lowest BCUT2D eigenvalue weighted by atomic mass is 10.1. The number of pyridine rings is 1. The highest BCUT2D eigenvalue weighted by molar-refractivity contribution is 7.18. The fourth-order valence-electron chi connectivity index (χ4n) is 3.18. The maximum atomic E-state index is 4.92. The molecule has 0 saturated carbocycles. The van der Waals surface area contributed by atoms with Gasteiger partial charge < -0.3 is 5.32 Å². The third-order valence-corrected chi connectivity index (χ3v) is 5.46. The molecule has 1 aliphatic heterocycles. The average molecular weight is 324 g/mol. The van der Waals surface area contributed by atoms with Gasteiger partial charge in [-0.3, -0.25) is 9.88 Å². The number of benzene rings is 1. The Morgan fingerprint density at radius 2 is 1.96 bits per heavy atom. The van der Waals surface area contributed by atoms with Gasteiger partial charge in [-0.05, 0) is 30.7 Å². The molecule has 4 nitrogen and oxygen atoms in total. The summed E-state index contributed by atoms with van der Waals surface area (Å²) >= 11 is 1.79. The van der Waals surface area contributed by atoms with Gasteiger partial charge in [-0.1, -0.05) is 18.2 Å². The van der Waals surface area contributed by atoms with Crippen LogP contribution in [0.4, 0.5) is 0 Å². The quantitative estimate of drug-likeness (QED) is 0.804. The Morgan fingerprint density at radius 3 is 2.74 bits per heavy atom. The maximum Gasteiger partial charge on any atom is 0.117 e. The molecule has 23 heavy (non-hydrogen) atoms. The van der Waals surface area contributed by atoms with Crippen molar-refractivity contribution in [2.24, 2.45) is 0 Å². The maximum absolute atomic E-state index is 4.92. The Balaban J connectivity index is 1.82. The van der Waals surface area contributed by atoms with E-state index in [-0.39, 0.29) is 6.04 Å². The van der Waals surface area contributed by atoms with Gasteiger partial charge in [0.2, 0.25) is 0 Å². The summed E-state index contributed by atoms with van der Waals surface area (Å²) < 4.78 is 1.25. The third kappa shape index (κ3) is 2.87. The van der Waals surface area contributed by atoms with Crippen LogP contribution in [-0.2, 0) is 0 Å². The first-order chi connectivity index (χ1) is 11.3. The van der Waals surface area contributed by atoms with Crippen LogP contribution in [0, 0.1) is 6.92 Å². The Labute approximate surface area is 140 Å². The Bertz CT molecular complexity index is 774. The van der Waals surface area contributed by atoms with Crippen LogP contribution in [0.2, 0.25) is 0 Å². The average Bonchev–Trinajstić information content (AvgIpc) is 3.01. The summed E-state index contributed by atoms with van der Waals surface area (Å²) in [5, 5.41) is 4.58. The minimum atomic E-state index is 0.149. The molecule has 3 aromatic rings. The largest absolute Gasteiger partial charge is 0.314 e. The van der Waals surface area contributed by atoms with E-state index in [2.05, 4.69) is 47.5 Å². The first kappa shape index (κ1) is 14.8. The SMILES string of the molecule is Cc1cccnc1C(c1nc2ccccc2s1)N1CCNCC1. The van der Waals surface area contributed by atoms with E-state index in [1.54, 1.807) is 11.3 Å². The molecule has 1 N–H and O–H groups in total. The van der Waals surface area contributed by atoms with Crippen molar-refractivity contribution in [3.05, 3.63) is 58.9 Å². The van der Waals surface area contributed by atoms with Gasteiger partial charge in [0.05, 0.1) is 15.9 Å². The zero-order valence-electron chi connectivity index (χ0n) is 13.2. The van der Waals surface area contributed by atoms with Crippen LogP contribution in [0.3, 0.4) is 0 Å². The number of thiazole rings is 1. The fourth-order valence-corrected chi connectivity index (χ4v) is 4.28. The molecule has 2 aromatic heterocycles. The molecule has 1 atom stereocenters. The van der Waals surface area contributed by atoms with Gasteiger partial charge in [0.1, 0.15) is 11.0 Å². The Kier molecular flexibility index (Phi) is 4.08. The minimum absolute atomic E-state index is 0.149. The third-order valence-electron chi connectivity index (χ3n) is 4.37. The van der Waals surface area contributed by atoms with Crippen molar-refractivity contribution in [3.63, 3.8) is 0 Å². The normalized spacial score (nSPS) is 17.4. The van der Waals surface area contributed by atoms with Crippen LogP contribution in [0.5, 0.6) is 0 Å². The molecule has 1 aromatic carbocycles. The van der Waals surface area contributed by atoms with E-state index in [0.29, 0.717) is 0 Å². The smallest absolute Gasteiger partial charge is 0.117 e.